The molecule has 6 aromatic carbocycles. The van der Waals surface area contributed by atoms with E-state index in [2.05, 4.69) is 12.1 Å². The zero-order chi connectivity index (χ0) is 31.2. The third-order valence-corrected chi connectivity index (χ3v) is 9.13. The molecule has 6 heteroatoms. The van der Waals surface area contributed by atoms with Gasteiger partial charge < -0.3 is 9.47 Å². The quantitative estimate of drug-likeness (QED) is 0.145. The van der Waals surface area contributed by atoms with E-state index in [1.165, 1.54) is 5.56 Å². The second-order valence-corrected chi connectivity index (χ2v) is 12.6. The standard InChI is InChI=1S/C39H30O5S/c1-28-7-11-31(12-8-28)39(40)32-13-15-33(16-14-32)43-34-17-19-35(20-18-34)44-36-21-25-38(26-22-36)45(41,42)37-23-9-30(10-24-37)27-29-5-3-2-4-6-29/h2-26H,27H2,1H3. The molecule has 0 spiro atoms. The lowest BCUT2D eigenvalue weighted by Crippen LogP contribution is -2.02. The molecule has 0 N–H and O–H groups in total. The van der Waals surface area contributed by atoms with Crippen molar-refractivity contribution >= 4 is 15.6 Å². The zero-order valence-corrected chi connectivity index (χ0v) is 25.4. The lowest BCUT2D eigenvalue weighted by molar-refractivity contribution is 0.103. The fourth-order valence-electron chi connectivity index (χ4n) is 4.83. The van der Waals surface area contributed by atoms with E-state index >= 15 is 0 Å². The highest BCUT2D eigenvalue weighted by molar-refractivity contribution is 7.91. The van der Waals surface area contributed by atoms with Gasteiger partial charge in [-0.1, -0.05) is 72.3 Å². The monoisotopic (exact) mass is 610 g/mol. The van der Waals surface area contributed by atoms with E-state index in [1.54, 1.807) is 84.9 Å². The molecule has 45 heavy (non-hydrogen) atoms. The molecular weight excluding hydrogens is 580 g/mol. The highest BCUT2D eigenvalue weighted by Crippen LogP contribution is 2.29. The molecule has 0 saturated carbocycles. The van der Waals surface area contributed by atoms with Crippen LogP contribution >= 0.6 is 0 Å². The topological polar surface area (TPSA) is 69.7 Å². The minimum atomic E-state index is -3.67. The van der Waals surface area contributed by atoms with Crippen molar-refractivity contribution in [2.45, 2.75) is 23.1 Å². The highest BCUT2D eigenvalue weighted by atomic mass is 32.2. The molecule has 0 radical (unpaired) electrons. The molecule has 6 rings (SSSR count). The molecule has 0 bridgehead atoms. The van der Waals surface area contributed by atoms with Gasteiger partial charge in [0.05, 0.1) is 9.79 Å². The summed E-state index contributed by atoms with van der Waals surface area (Å²) in [6.07, 6.45) is 0.741. The SMILES string of the molecule is Cc1ccc(C(=O)c2ccc(Oc3ccc(Oc4ccc(S(=O)(=O)c5ccc(Cc6ccccc6)cc5)cc4)cc3)cc2)cc1. The Balaban J connectivity index is 1.05. The van der Waals surface area contributed by atoms with Gasteiger partial charge in [-0.05, 0) is 109 Å². The predicted octanol–water partition coefficient (Wildman–Crippen LogP) is 9.23. The van der Waals surface area contributed by atoms with E-state index in [4.69, 9.17) is 9.47 Å². The van der Waals surface area contributed by atoms with Gasteiger partial charge in [0.2, 0.25) is 9.84 Å². The summed E-state index contributed by atoms with van der Waals surface area (Å²) in [5, 5.41) is 0. The van der Waals surface area contributed by atoms with Crippen LogP contribution in [0.25, 0.3) is 0 Å². The maximum Gasteiger partial charge on any atom is 0.206 e. The molecule has 0 aliphatic carbocycles. The molecule has 0 atom stereocenters. The van der Waals surface area contributed by atoms with Crippen LogP contribution in [0.2, 0.25) is 0 Å². The predicted molar refractivity (Wildman–Crippen MR) is 175 cm³/mol. The molecule has 0 amide bonds. The molecule has 0 aromatic heterocycles. The molecule has 5 nitrogen and oxygen atoms in total. The van der Waals surface area contributed by atoms with Crippen molar-refractivity contribution in [1.29, 1.82) is 0 Å². The van der Waals surface area contributed by atoms with Crippen LogP contribution in [0.3, 0.4) is 0 Å². The number of ether oxygens (including phenoxy) is 2. The summed E-state index contributed by atoms with van der Waals surface area (Å²) in [5.41, 5.74) is 4.55. The van der Waals surface area contributed by atoms with Crippen molar-refractivity contribution in [2.75, 3.05) is 0 Å². The van der Waals surface area contributed by atoms with Gasteiger partial charge >= 0.3 is 0 Å². The third kappa shape index (κ3) is 7.20. The average Bonchev–Trinajstić information content (AvgIpc) is 3.07. The summed E-state index contributed by atoms with van der Waals surface area (Å²) >= 11 is 0. The van der Waals surface area contributed by atoms with Crippen molar-refractivity contribution in [3.8, 4) is 23.0 Å². The maximum atomic E-state index is 13.2. The molecule has 0 saturated heterocycles. The molecule has 0 aliphatic rings. The van der Waals surface area contributed by atoms with Crippen LogP contribution in [0.4, 0.5) is 0 Å². The minimum absolute atomic E-state index is 0.0399. The average molecular weight is 611 g/mol. The number of sulfone groups is 1. The second-order valence-electron chi connectivity index (χ2n) is 10.7. The van der Waals surface area contributed by atoms with E-state index in [0.29, 0.717) is 34.1 Å². The number of carbonyl (C=O) groups excluding carboxylic acids is 1. The van der Waals surface area contributed by atoms with Crippen LogP contribution in [-0.4, -0.2) is 14.2 Å². The first-order valence-corrected chi connectivity index (χ1v) is 16.0. The third-order valence-electron chi connectivity index (χ3n) is 7.34. The van der Waals surface area contributed by atoms with Gasteiger partial charge in [-0.15, -0.1) is 0 Å². The van der Waals surface area contributed by atoms with Gasteiger partial charge in [-0.25, -0.2) is 8.42 Å². The van der Waals surface area contributed by atoms with Gasteiger partial charge in [-0.3, -0.25) is 4.79 Å². The smallest absolute Gasteiger partial charge is 0.206 e. The summed E-state index contributed by atoms with van der Waals surface area (Å²) < 4.78 is 38.3. The van der Waals surface area contributed by atoms with Crippen molar-refractivity contribution in [3.63, 3.8) is 0 Å². The molecule has 222 valence electrons. The van der Waals surface area contributed by atoms with Gasteiger partial charge in [0.25, 0.3) is 0 Å². The first-order chi connectivity index (χ1) is 21.8. The maximum absolute atomic E-state index is 13.2. The Morgan fingerprint density at radius 2 is 0.867 bits per heavy atom. The number of ketones is 1. The Morgan fingerprint density at radius 3 is 1.36 bits per heavy atom. The number of aryl methyl sites for hydroxylation is 1. The zero-order valence-electron chi connectivity index (χ0n) is 24.6. The first-order valence-electron chi connectivity index (χ1n) is 14.5. The van der Waals surface area contributed by atoms with Crippen LogP contribution in [0.15, 0.2) is 161 Å². The van der Waals surface area contributed by atoms with E-state index in [9.17, 15) is 13.2 Å². The van der Waals surface area contributed by atoms with Crippen molar-refractivity contribution in [1.82, 2.24) is 0 Å². The summed E-state index contributed by atoms with van der Waals surface area (Å²) in [6.45, 7) is 1.99. The van der Waals surface area contributed by atoms with Gasteiger partial charge in [-0.2, -0.15) is 0 Å². The lowest BCUT2D eigenvalue weighted by Gasteiger charge is -2.10. The highest BCUT2D eigenvalue weighted by Gasteiger charge is 2.18. The molecule has 6 aromatic rings. The second kappa shape index (κ2) is 13.0. The summed E-state index contributed by atoms with van der Waals surface area (Å²) in [7, 11) is -3.67. The number of hydrogen-bond donors (Lipinski definition) is 0. The van der Waals surface area contributed by atoms with E-state index < -0.39 is 9.84 Å². The summed E-state index contributed by atoms with van der Waals surface area (Å²) in [6, 6.07) is 45.1. The lowest BCUT2D eigenvalue weighted by atomic mass is 10.0. The number of rotatable bonds is 10. The van der Waals surface area contributed by atoms with Crippen molar-refractivity contribution < 1.29 is 22.7 Å². The number of benzene rings is 6. The fourth-order valence-corrected chi connectivity index (χ4v) is 6.10. The van der Waals surface area contributed by atoms with E-state index in [-0.39, 0.29) is 15.6 Å². The summed E-state index contributed by atoms with van der Waals surface area (Å²) in [4.78, 5) is 13.2. The number of carbonyl (C=O) groups is 1. The van der Waals surface area contributed by atoms with Crippen molar-refractivity contribution in [3.05, 3.63) is 179 Å². The number of hydrogen-bond acceptors (Lipinski definition) is 5. The van der Waals surface area contributed by atoms with E-state index in [0.717, 1.165) is 17.5 Å². The Kier molecular flexibility index (Phi) is 8.58. The van der Waals surface area contributed by atoms with Gasteiger partial charge in [0, 0.05) is 11.1 Å². The van der Waals surface area contributed by atoms with Crippen LogP contribution in [-0.2, 0) is 16.3 Å². The Morgan fingerprint density at radius 1 is 0.489 bits per heavy atom. The minimum Gasteiger partial charge on any atom is -0.457 e. The van der Waals surface area contributed by atoms with E-state index in [1.807, 2.05) is 61.5 Å². The van der Waals surface area contributed by atoms with Crippen LogP contribution in [0.5, 0.6) is 23.0 Å². The first kappa shape index (κ1) is 29.6. The van der Waals surface area contributed by atoms with Crippen LogP contribution in [0.1, 0.15) is 32.6 Å². The molecule has 0 aliphatic heterocycles. The normalized spacial score (nSPS) is 11.1. The van der Waals surface area contributed by atoms with Gasteiger partial charge in [0.15, 0.2) is 5.78 Å². The fraction of sp³-hybridized carbons (Fsp3) is 0.0513. The molecule has 0 heterocycles. The van der Waals surface area contributed by atoms with Gasteiger partial charge in [0.1, 0.15) is 23.0 Å². The Bertz CT molecular complexity index is 2000. The molecular formula is C39H30O5S. The van der Waals surface area contributed by atoms with Crippen LogP contribution in [0, 0.1) is 6.92 Å². The summed E-state index contributed by atoms with van der Waals surface area (Å²) in [5.74, 6) is 2.26. The Hall–Kier alpha value is -5.46. The van der Waals surface area contributed by atoms with Crippen molar-refractivity contribution in [2.24, 2.45) is 0 Å². The largest absolute Gasteiger partial charge is 0.457 e. The Labute approximate surface area is 263 Å². The molecule has 0 fully saturated rings. The molecule has 0 unspecified atom stereocenters. The van der Waals surface area contributed by atoms with Crippen LogP contribution < -0.4 is 9.47 Å².